The van der Waals surface area contributed by atoms with Crippen LogP contribution in [0.1, 0.15) is 32.1 Å². The summed E-state index contributed by atoms with van der Waals surface area (Å²) in [5, 5.41) is 18.4. The van der Waals surface area contributed by atoms with Crippen molar-refractivity contribution in [2.24, 2.45) is 11.3 Å². The Bertz CT molecular complexity index is 202. The van der Waals surface area contributed by atoms with Gasteiger partial charge in [-0.15, -0.1) is 0 Å². The minimum Gasteiger partial charge on any atom is -0.396 e. The fraction of sp³-hybridized carbons (Fsp3) is 1.00. The lowest BCUT2D eigenvalue weighted by molar-refractivity contribution is 0.0912. The number of aliphatic hydroxyl groups is 2. The molecule has 1 aliphatic heterocycles. The number of nitrogens with zero attached hydrogens (tertiary/aromatic N) is 1. The van der Waals surface area contributed by atoms with Gasteiger partial charge in [0, 0.05) is 32.2 Å². The summed E-state index contributed by atoms with van der Waals surface area (Å²) in [5.41, 5.74) is 0.377. The third kappa shape index (κ3) is 2.19. The SMILES string of the molecule is OCCN1C[C@H](CO)C2(CCCCC2)C1. The molecule has 3 nitrogen and oxygen atoms in total. The summed E-state index contributed by atoms with van der Waals surface area (Å²) < 4.78 is 0. The van der Waals surface area contributed by atoms with Gasteiger partial charge >= 0.3 is 0 Å². The van der Waals surface area contributed by atoms with Crippen LogP contribution in [-0.2, 0) is 0 Å². The molecule has 1 atom stereocenters. The van der Waals surface area contributed by atoms with Crippen LogP contribution in [0.2, 0.25) is 0 Å². The molecule has 0 radical (unpaired) electrons. The Kier molecular flexibility index (Phi) is 3.65. The number of hydrogen-bond acceptors (Lipinski definition) is 3. The standard InChI is InChI=1S/C12H23NO2/c14-7-6-13-8-11(9-15)12(10-13)4-2-1-3-5-12/h11,14-15H,1-10H2/t11-/m1/s1. The molecule has 0 bridgehead atoms. The topological polar surface area (TPSA) is 43.7 Å². The van der Waals surface area contributed by atoms with E-state index in [4.69, 9.17) is 5.11 Å². The molecular weight excluding hydrogens is 190 g/mol. The lowest BCUT2D eigenvalue weighted by Crippen LogP contribution is -2.34. The summed E-state index contributed by atoms with van der Waals surface area (Å²) in [4.78, 5) is 2.33. The molecule has 0 aromatic heterocycles. The third-order valence-electron chi connectivity index (χ3n) is 4.37. The minimum absolute atomic E-state index is 0.244. The first kappa shape index (κ1) is 11.4. The zero-order valence-electron chi connectivity index (χ0n) is 9.49. The van der Waals surface area contributed by atoms with E-state index in [1.54, 1.807) is 0 Å². The number of β-amino-alcohol motifs (C(OH)–C–C–N with tert-alkyl or cyclic N) is 1. The highest BCUT2D eigenvalue weighted by atomic mass is 16.3. The first-order valence-corrected chi connectivity index (χ1v) is 6.25. The molecule has 2 N–H and O–H groups in total. The molecule has 2 aliphatic rings. The summed E-state index contributed by atoms with van der Waals surface area (Å²) in [6.45, 7) is 3.42. The smallest absolute Gasteiger partial charge is 0.0558 e. The largest absolute Gasteiger partial charge is 0.396 e. The molecule has 0 amide bonds. The van der Waals surface area contributed by atoms with Crippen molar-refractivity contribution < 1.29 is 10.2 Å². The van der Waals surface area contributed by atoms with Crippen molar-refractivity contribution in [3.63, 3.8) is 0 Å². The maximum Gasteiger partial charge on any atom is 0.0558 e. The number of hydrogen-bond donors (Lipinski definition) is 2. The highest BCUT2D eigenvalue weighted by Gasteiger charge is 2.45. The van der Waals surface area contributed by atoms with E-state index in [9.17, 15) is 5.11 Å². The second kappa shape index (κ2) is 4.81. The maximum absolute atomic E-state index is 9.48. The molecule has 15 heavy (non-hydrogen) atoms. The molecule has 1 saturated carbocycles. The zero-order chi connectivity index (χ0) is 10.7. The van der Waals surface area contributed by atoms with E-state index in [1.165, 1.54) is 32.1 Å². The Balaban J connectivity index is 2.02. The molecule has 2 fully saturated rings. The first-order chi connectivity index (χ1) is 7.30. The van der Waals surface area contributed by atoms with Crippen LogP contribution in [-0.4, -0.2) is 48.0 Å². The van der Waals surface area contributed by atoms with Crippen LogP contribution in [0.5, 0.6) is 0 Å². The van der Waals surface area contributed by atoms with Crippen LogP contribution in [0, 0.1) is 11.3 Å². The van der Waals surface area contributed by atoms with Crippen LogP contribution in [0.4, 0.5) is 0 Å². The maximum atomic E-state index is 9.48. The van der Waals surface area contributed by atoms with Gasteiger partial charge in [-0.1, -0.05) is 19.3 Å². The van der Waals surface area contributed by atoms with Gasteiger partial charge in [0.15, 0.2) is 0 Å². The zero-order valence-corrected chi connectivity index (χ0v) is 9.49. The van der Waals surface area contributed by atoms with Gasteiger partial charge in [-0.3, -0.25) is 0 Å². The van der Waals surface area contributed by atoms with Gasteiger partial charge in [-0.25, -0.2) is 0 Å². The van der Waals surface area contributed by atoms with E-state index in [0.717, 1.165) is 19.6 Å². The van der Waals surface area contributed by atoms with Crippen molar-refractivity contribution in [1.82, 2.24) is 4.90 Å². The van der Waals surface area contributed by atoms with Crippen molar-refractivity contribution >= 4 is 0 Å². The molecule has 1 heterocycles. The molecule has 1 spiro atoms. The lowest BCUT2D eigenvalue weighted by Gasteiger charge is -2.37. The van der Waals surface area contributed by atoms with E-state index < -0.39 is 0 Å². The highest BCUT2D eigenvalue weighted by molar-refractivity contribution is 4.97. The Hall–Kier alpha value is -0.120. The van der Waals surface area contributed by atoms with E-state index in [-0.39, 0.29) is 6.61 Å². The third-order valence-corrected chi connectivity index (χ3v) is 4.37. The van der Waals surface area contributed by atoms with Crippen molar-refractivity contribution in [2.45, 2.75) is 32.1 Å². The molecule has 2 rings (SSSR count). The average Bonchev–Trinajstić information content (AvgIpc) is 2.58. The average molecular weight is 213 g/mol. The fourth-order valence-electron chi connectivity index (χ4n) is 3.53. The van der Waals surface area contributed by atoms with Gasteiger partial charge in [-0.05, 0) is 18.3 Å². The van der Waals surface area contributed by atoms with Crippen LogP contribution >= 0.6 is 0 Å². The second-order valence-electron chi connectivity index (χ2n) is 5.26. The number of likely N-dealkylation sites (tertiary alicyclic amines) is 1. The molecule has 1 saturated heterocycles. The number of rotatable bonds is 3. The molecule has 0 aromatic rings. The van der Waals surface area contributed by atoms with Crippen molar-refractivity contribution in [1.29, 1.82) is 0 Å². The Morgan fingerprint density at radius 3 is 2.47 bits per heavy atom. The fourth-order valence-corrected chi connectivity index (χ4v) is 3.53. The van der Waals surface area contributed by atoms with Gasteiger partial charge in [0.2, 0.25) is 0 Å². The van der Waals surface area contributed by atoms with Crippen LogP contribution in [0.3, 0.4) is 0 Å². The monoisotopic (exact) mass is 213 g/mol. The summed E-state index contributed by atoms with van der Waals surface area (Å²) in [5.74, 6) is 0.448. The van der Waals surface area contributed by atoms with Crippen molar-refractivity contribution in [3.05, 3.63) is 0 Å². The highest BCUT2D eigenvalue weighted by Crippen LogP contribution is 2.47. The van der Waals surface area contributed by atoms with Gasteiger partial charge in [0.1, 0.15) is 0 Å². The summed E-state index contributed by atoms with van der Waals surface area (Å²) in [6.07, 6.45) is 6.56. The minimum atomic E-state index is 0.244. The van der Waals surface area contributed by atoms with E-state index >= 15 is 0 Å². The van der Waals surface area contributed by atoms with Gasteiger partial charge in [0.05, 0.1) is 6.61 Å². The lowest BCUT2D eigenvalue weighted by atomic mass is 9.68. The van der Waals surface area contributed by atoms with Crippen LogP contribution in [0.15, 0.2) is 0 Å². The normalized spacial score (nSPS) is 31.2. The van der Waals surface area contributed by atoms with E-state index in [0.29, 0.717) is 17.9 Å². The molecule has 3 heteroatoms. The molecule has 88 valence electrons. The van der Waals surface area contributed by atoms with Crippen LogP contribution < -0.4 is 0 Å². The van der Waals surface area contributed by atoms with E-state index in [2.05, 4.69) is 4.90 Å². The Morgan fingerprint density at radius 2 is 1.87 bits per heavy atom. The molecule has 1 aliphatic carbocycles. The van der Waals surface area contributed by atoms with Gasteiger partial charge in [0.25, 0.3) is 0 Å². The van der Waals surface area contributed by atoms with Crippen LogP contribution in [0.25, 0.3) is 0 Å². The van der Waals surface area contributed by atoms with Crippen molar-refractivity contribution in [3.8, 4) is 0 Å². The summed E-state index contributed by atoms with van der Waals surface area (Å²) >= 11 is 0. The Labute approximate surface area is 92.1 Å². The summed E-state index contributed by atoms with van der Waals surface area (Å²) in [7, 11) is 0. The summed E-state index contributed by atoms with van der Waals surface area (Å²) in [6, 6.07) is 0. The predicted octanol–water partition coefficient (Wildman–Crippen LogP) is 0.853. The number of aliphatic hydroxyl groups excluding tert-OH is 2. The molecule has 0 unspecified atom stereocenters. The second-order valence-corrected chi connectivity index (χ2v) is 5.26. The Morgan fingerprint density at radius 1 is 1.13 bits per heavy atom. The first-order valence-electron chi connectivity index (χ1n) is 6.25. The molecular formula is C12H23NO2. The predicted molar refractivity (Wildman–Crippen MR) is 59.6 cm³/mol. The van der Waals surface area contributed by atoms with E-state index in [1.807, 2.05) is 0 Å². The van der Waals surface area contributed by atoms with Crippen molar-refractivity contribution in [2.75, 3.05) is 32.8 Å². The molecule has 0 aromatic carbocycles. The van der Waals surface area contributed by atoms with Gasteiger partial charge in [-0.2, -0.15) is 0 Å². The quantitative estimate of drug-likeness (QED) is 0.730. The van der Waals surface area contributed by atoms with Gasteiger partial charge < -0.3 is 15.1 Å².